The van der Waals surface area contributed by atoms with Crippen LogP contribution in [0.25, 0.3) is 6.08 Å². The fourth-order valence-electron chi connectivity index (χ4n) is 3.02. The van der Waals surface area contributed by atoms with E-state index < -0.39 is 5.82 Å². The Bertz CT molecular complexity index is 904. The molecule has 0 spiro atoms. The molecule has 1 fully saturated rings. The largest absolute Gasteiger partial charge is 0.322 e. The second-order valence-electron chi connectivity index (χ2n) is 6.37. The molecule has 4 nitrogen and oxygen atoms in total. The van der Waals surface area contributed by atoms with E-state index in [9.17, 15) is 9.18 Å². The van der Waals surface area contributed by atoms with Crippen LogP contribution in [0.3, 0.4) is 0 Å². The number of nitrogens with one attached hydrogen (secondary N) is 2. The second kappa shape index (κ2) is 7.94. The van der Waals surface area contributed by atoms with Gasteiger partial charge in [-0.15, -0.1) is 0 Å². The minimum absolute atomic E-state index is 0.365. The molecule has 5 heteroatoms. The SMILES string of the molecule is Cc1c(C=C2CCNCC2)cc(F)cc1NC(=O)c1cccc(C#N)c1. The Morgan fingerprint density at radius 3 is 2.77 bits per heavy atom. The van der Waals surface area contributed by atoms with Crippen LogP contribution >= 0.6 is 0 Å². The van der Waals surface area contributed by atoms with Crippen molar-refractivity contribution in [1.82, 2.24) is 5.32 Å². The van der Waals surface area contributed by atoms with Gasteiger partial charge in [0.15, 0.2) is 0 Å². The number of halogens is 1. The summed E-state index contributed by atoms with van der Waals surface area (Å²) in [4.78, 5) is 12.5. The van der Waals surface area contributed by atoms with Crippen molar-refractivity contribution in [3.05, 3.63) is 70.0 Å². The minimum Gasteiger partial charge on any atom is -0.322 e. The number of hydrogen-bond donors (Lipinski definition) is 2. The summed E-state index contributed by atoms with van der Waals surface area (Å²) >= 11 is 0. The summed E-state index contributed by atoms with van der Waals surface area (Å²) in [6, 6.07) is 11.3. The summed E-state index contributed by atoms with van der Waals surface area (Å²) in [5.74, 6) is -0.756. The van der Waals surface area contributed by atoms with Gasteiger partial charge in [-0.2, -0.15) is 5.26 Å². The van der Waals surface area contributed by atoms with Gasteiger partial charge in [-0.3, -0.25) is 4.79 Å². The third-order valence-electron chi connectivity index (χ3n) is 4.52. The molecular weight excluding hydrogens is 329 g/mol. The zero-order valence-corrected chi connectivity index (χ0v) is 14.6. The average Bonchev–Trinajstić information content (AvgIpc) is 2.66. The second-order valence-corrected chi connectivity index (χ2v) is 6.37. The quantitative estimate of drug-likeness (QED) is 0.879. The Morgan fingerprint density at radius 1 is 1.27 bits per heavy atom. The van der Waals surface area contributed by atoms with Gasteiger partial charge in [0.1, 0.15) is 5.82 Å². The van der Waals surface area contributed by atoms with Crippen LogP contribution in [0.4, 0.5) is 10.1 Å². The number of nitriles is 1. The van der Waals surface area contributed by atoms with Gasteiger partial charge >= 0.3 is 0 Å². The lowest BCUT2D eigenvalue weighted by atomic mass is 9.98. The van der Waals surface area contributed by atoms with Crippen molar-refractivity contribution in [1.29, 1.82) is 5.26 Å². The lowest BCUT2D eigenvalue weighted by Crippen LogP contribution is -2.23. The maximum absolute atomic E-state index is 14.1. The summed E-state index contributed by atoms with van der Waals surface area (Å²) in [6.45, 7) is 3.73. The zero-order chi connectivity index (χ0) is 18.5. The Hall–Kier alpha value is -2.97. The Labute approximate surface area is 152 Å². The molecule has 2 aromatic rings. The highest BCUT2D eigenvalue weighted by Crippen LogP contribution is 2.26. The molecule has 1 amide bonds. The number of carbonyl (C=O) groups is 1. The Balaban J connectivity index is 1.88. The van der Waals surface area contributed by atoms with Crippen LogP contribution in [-0.4, -0.2) is 19.0 Å². The number of piperidine rings is 1. The van der Waals surface area contributed by atoms with Crippen molar-refractivity contribution >= 4 is 17.7 Å². The van der Waals surface area contributed by atoms with E-state index in [4.69, 9.17) is 5.26 Å². The number of anilines is 1. The summed E-state index contributed by atoms with van der Waals surface area (Å²) in [5.41, 5.74) is 4.09. The van der Waals surface area contributed by atoms with Gasteiger partial charge in [-0.1, -0.05) is 17.7 Å². The molecule has 0 aromatic heterocycles. The molecule has 0 bridgehead atoms. The van der Waals surface area contributed by atoms with Crippen LogP contribution in [0, 0.1) is 24.1 Å². The first-order valence-electron chi connectivity index (χ1n) is 8.58. The molecule has 26 heavy (non-hydrogen) atoms. The van der Waals surface area contributed by atoms with Gasteiger partial charge in [0.25, 0.3) is 5.91 Å². The van der Waals surface area contributed by atoms with Gasteiger partial charge in [0, 0.05) is 11.3 Å². The van der Waals surface area contributed by atoms with Gasteiger partial charge in [0.2, 0.25) is 0 Å². The van der Waals surface area contributed by atoms with Crippen molar-refractivity contribution < 1.29 is 9.18 Å². The molecule has 1 saturated heterocycles. The molecule has 1 aliphatic heterocycles. The molecule has 3 rings (SSSR count). The zero-order valence-electron chi connectivity index (χ0n) is 14.6. The third-order valence-corrected chi connectivity index (χ3v) is 4.52. The molecule has 2 aromatic carbocycles. The van der Waals surface area contributed by atoms with E-state index >= 15 is 0 Å². The normalized spacial score (nSPS) is 13.8. The van der Waals surface area contributed by atoms with Crippen LogP contribution < -0.4 is 10.6 Å². The molecule has 132 valence electrons. The van der Waals surface area contributed by atoms with Crippen LogP contribution in [0.5, 0.6) is 0 Å². The van der Waals surface area contributed by atoms with Gasteiger partial charge < -0.3 is 10.6 Å². The lowest BCUT2D eigenvalue weighted by Gasteiger charge is -2.17. The highest BCUT2D eigenvalue weighted by molar-refractivity contribution is 6.05. The molecule has 0 aliphatic carbocycles. The fraction of sp³-hybridized carbons (Fsp3) is 0.238. The van der Waals surface area contributed by atoms with Crippen molar-refractivity contribution in [2.24, 2.45) is 0 Å². The van der Waals surface area contributed by atoms with E-state index in [1.54, 1.807) is 18.2 Å². The molecule has 0 unspecified atom stereocenters. The van der Waals surface area contributed by atoms with Crippen LogP contribution in [0.1, 0.15) is 39.9 Å². The number of carbonyl (C=O) groups excluding carboxylic acids is 1. The number of benzene rings is 2. The van der Waals surface area contributed by atoms with Crippen molar-refractivity contribution in [2.45, 2.75) is 19.8 Å². The highest BCUT2D eigenvalue weighted by Gasteiger charge is 2.13. The summed E-state index contributed by atoms with van der Waals surface area (Å²) in [6.07, 6.45) is 3.91. The van der Waals surface area contributed by atoms with E-state index in [1.165, 1.54) is 23.8 Å². The number of hydrogen-bond acceptors (Lipinski definition) is 3. The van der Waals surface area contributed by atoms with E-state index in [2.05, 4.69) is 10.6 Å². The maximum atomic E-state index is 14.1. The van der Waals surface area contributed by atoms with E-state index in [1.807, 2.05) is 19.1 Å². The van der Waals surface area contributed by atoms with Crippen LogP contribution in [0.15, 0.2) is 42.0 Å². The highest BCUT2D eigenvalue weighted by atomic mass is 19.1. The molecular formula is C21H20FN3O. The predicted molar refractivity (Wildman–Crippen MR) is 100 cm³/mol. The molecule has 2 N–H and O–H groups in total. The number of nitrogens with zero attached hydrogens (tertiary/aromatic N) is 1. The molecule has 1 heterocycles. The summed E-state index contributed by atoms with van der Waals surface area (Å²) in [5, 5.41) is 15.0. The van der Waals surface area contributed by atoms with Crippen molar-refractivity contribution in [2.75, 3.05) is 18.4 Å². The van der Waals surface area contributed by atoms with Crippen LogP contribution in [0.2, 0.25) is 0 Å². The topological polar surface area (TPSA) is 64.9 Å². The van der Waals surface area contributed by atoms with Crippen molar-refractivity contribution in [3.8, 4) is 6.07 Å². The third kappa shape index (κ3) is 4.16. The lowest BCUT2D eigenvalue weighted by molar-refractivity contribution is 0.102. The van der Waals surface area contributed by atoms with Crippen LogP contribution in [-0.2, 0) is 0 Å². The Morgan fingerprint density at radius 2 is 2.04 bits per heavy atom. The fourth-order valence-corrected chi connectivity index (χ4v) is 3.02. The van der Waals surface area contributed by atoms with Gasteiger partial charge in [0.05, 0.1) is 11.6 Å². The molecule has 0 saturated carbocycles. The molecule has 1 aliphatic rings. The molecule has 0 radical (unpaired) electrons. The standard InChI is InChI=1S/C21H20FN3O/c1-14-18(9-15-5-7-24-8-6-15)11-19(22)12-20(14)25-21(26)17-4-2-3-16(10-17)13-23/h2-4,9-12,24H,5-8H2,1H3,(H,25,26). The van der Waals surface area contributed by atoms with E-state index in [0.29, 0.717) is 16.8 Å². The predicted octanol–water partition coefficient (Wildman–Crippen LogP) is 4.02. The first-order valence-corrected chi connectivity index (χ1v) is 8.58. The molecule has 0 atom stereocenters. The summed E-state index contributed by atoms with van der Waals surface area (Å²) < 4.78 is 14.1. The smallest absolute Gasteiger partial charge is 0.255 e. The van der Waals surface area contributed by atoms with Gasteiger partial charge in [-0.25, -0.2) is 4.39 Å². The Kier molecular flexibility index (Phi) is 5.45. The summed E-state index contributed by atoms with van der Waals surface area (Å²) in [7, 11) is 0. The van der Waals surface area contributed by atoms with E-state index in [-0.39, 0.29) is 5.91 Å². The minimum atomic E-state index is -0.391. The monoisotopic (exact) mass is 349 g/mol. The van der Waals surface area contributed by atoms with E-state index in [0.717, 1.165) is 37.1 Å². The number of rotatable bonds is 3. The average molecular weight is 349 g/mol. The number of amides is 1. The maximum Gasteiger partial charge on any atom is 0.255 e. The first-order chi connectivity index (χ1) is 12.6. The first kappa shape index (κ1) is 17.8. The van der Waals surface area contributed by atoms with Crippen molar-refractivity contribution in [3.63, 3.8) is 0 Å². The van der Waals surface area contributed by atoms with Gasteiger partial charge in [-0.05, 0) is 74.3 Å².